The van der Waals surface area contributed by atoms with E-state index in [1.54, 1.807) is 0 Å². The van der Waals surface area contributed by atoms with Gasteiger partial charge in [-0.3, -0.25) is 0 Å². The van der Waals surface area contributed by atoms with Gasteiger partial charge < -0.3 is 10.2 Å². The Balaban J connectivity index is 3.06. The molecule has 2 nitrogen and oxygen atoms in total. The summed E-state index contributed by atoms with van der Waals surface area (Å²) in [6, 6.07) is 5.25. The third kappa shape index (κ3) is 3.60. The molecule has 0 radical (unpaired) electrons. The lowest BCUT2D eigenvalue weighted by Crippen LogP contribution is -2.58. The molecule has 20 heavy (non-hydrogen) atoms. The molecule has 0 saturated heterocycles. The normalized spacial score (nSPS) is 13.8. The lowest BCUT2D eigenvalue weighted by atomic mass is 9.80. The predicted octanol–water partition coefficient (Wildman–Crippen LogP) is 3.84. The van der Waals surface area contributed by atoms with E-state index < -0.39 is 0 Å². The van der Waals surface area contributed by atoms with Crippen molar-refractivity contribution < 1.29 is 4.39 Å². The smallest absolute Gasteiger partial charge is 0.124 e. The van der Waals surface area contributed by atoms with E-state index in [1.807, 2.05) is 13.1 Å². The standard InChI is InChI=1S/C16H26BrFN2/c1-6-16(7-2,20(4)5)15(19-3)10-12-8-9-13(18)11-14(12)17/h8-9,11,15,19H,6-7,10H2,1-5H3. The molecular weight excluding hydrogens is 319 g/mol. The molecule has 0 aliphatic heterocycles. The fourth-order valence-electron chi connectivity index (χ4n) is 3.15. The average molecular weight is 345 g/mol. The van der Waals surface area contributed by atoms with Gasteiger partial charge in [0.05, 0.1) is 0 Å². The highest BCUT2D eigenvalue weighted by atomic mass is 79.9. The minimum absolute atomic E-state index is 0.0998. The monoisotopic (exact) mass is 344 g/mol. The fourth-order valence-corrected chi connectivity index (χ4v) is 3.67. The van der Waals surface area contributed by atoms with Gasteiger partial charge in [-0.25, -0.2) is 4.39 Å². The number of likely N-dealkylation sites (N-methyl/N-ethyl adjacent to an activating group) is 2. The van der Waals surface area contributed by atoms with Crippen molar-refractivity contribution in [2.45, 2.75) is 44.7 Å². The van der Waals surface area contributed by atoms with E-state index in [0.29, 0.717) is 6.04 Å². The van der Waals surface area contributed by atoms with Crippen LogP contribution < -0.4 is 5.32 Å². The number of rotatable bonds is 7. The maximum atomic E-state index is 13.2. The molecule has 0 saturated carbocycles. The Labute approximate surface area is 130 Å². The number of nitrogens with zero attached hydrogens (tertiary/aromatic N) is 1. The predicted molar refractivity (Wildman–Crippen MR) is 87.7 cm³/mol. The first-order chi connectivity index (χ1) is 9.41. The highest BCUT2D eigenvalue weighted by Gasteiger charge is 2.37. The maximum absolute atomic E-state index is 13.2. The average Bonchev–Trinajstić information content (AvgIpc) is 2.41. The number of nitrogens with one attached hydrogen (secondary N) is 1. The van der Waals surface area contributed by atoms with Crippen LogP contribution in [-0.2, 0) is 6.42 Å². The van der Waals surface area contributed by atoms with Crippen LogP contribution in [0.2, 0.25) is 0 Å². The van der Waals surface area contributed by atoms with Crippen LogP contribution in [0.5, 0.6) is 0 Å². The van der Waals surface area contributed by atoms with Gasteiger partial charge in [0.15, 0.2) is 0 Å². The molecule has 0 amide bonds. The molecule has 1 rings (SSSR count). The Hall–Kier alpha value is -0.450. The molecule has 0 fully saturated rings. The Morgan fingerprint density at radius 3 is 2.30 bits per heavy atom. The Kier molecular flexibility index (Phi) is 6.62. The summed E-state index contributed by atoms with van der Waals surface area (Å²) in [4.78, 5) is 2.31. The first-order valence-corrected chi connectivity index (χ1v) is 7.99. The molecule has 1 N–H and O–H groups in total. The van der Waals surface area contributed by atoms with Gasteiger partial charge in [0.2, 0.25) is 0 Å². The minimum atomic E-state index is -0.202. The summed E-state index contributed by atoms with van der Waals surface area (Å²) in [6.07, 6.45) is 3.01. The van der Waals surface area contributed by atoms with Crippen LogP contribution in [0.15, 0.2) is 22.7 Å². The summed E-state index contributed by atoms with van der Waals surface area (Å²) in [5.41, 5.74) is 1.24. The van der Waals surface area contributed by atoms with Gasteiger partial charge in [0.25, 0.3) is 0 Å². The lowest BCUT2D eigenvalue weighted by molar-refractivity contribution is 0.0917. The van der Waals surface area contributed by atoms with Gasteiger partial charge in [0, 0.05) is 16.1 Å². The summed E-state index contributed by atoms with van der Waals surface area (Å²) in [6.45, 7) is 4.46. The molecule has 0 heterocycles. The molecule has 1 atom stereocenters. The minimum Gasteiger partial charge on any atom is -0.315 e. The van der Waals surface area contributed by atoms with E-state index >= 15 is 0 Å². The van der Waals surface area contributed by atoms with E-state index in [4.69, 9.17) is 0 Å². The van der Waals surface area contributed by atoms with E-state index in [2.05, 4.69) is 54.1 Å². The first-order valence-electron chi connectivity index (χ1n) is 7.19. The maximum Gasteiger partial charge on any atom is 0.124 e. The number of halogens is 2. The molecular formula is C16H26BrFN2. The summed E-state index contributed by atoms with van der Waals surface area (Å²) < 4.78 is 14.1. The van der Waals surface area contributed by atoms with Crippen molar-refractivity contribution in [2.75, 3.05) is 21.1 Å². The molecule has 0 spiro atoms. The molecule has 1 unspecified atom stereocenters. The zero-order chi connectivity index (χ0) is 15.3. The second-order valence-electron chi connectivity index (χ2n) is 5.49. The van der Waals surface area contributed by atoms with Crippen molar-refractivity contribution in [3.05, 3.63) is 34.1 Å². The molecule has 4 heteroatoms. The second kappa shape index (κ2) is 7.53. The lowest BCUT2D eigenvalue weighted by Gasteiger charge is -2.45. The van der Waals surface area contributed by atoms with Crippen LogP contribution >= 0.6 is 15.9 Å². The van der Waals surface area contributed by atoms with E-state index in [1.165, 1.54) is 12.1 Å². The molecule has 0 aliphatic rings. The van der Waals surface area contributed by atoms with Crippen LogP contribution in [0.25, 0.3) is 0 Å². The Morgan fingerprint density at radius 2 is 1.90 bits per heavy atom. The topological polar surface area (TPSA) is 15.3 Å². The van der Waals surface area contributed by atoms with Gasteiger partial charge in [-0.1, -0.05) is 35.8 Å². The summed E-state index contributed by atoms with van der Waals surface area (Å²) in [7, 11) is 6.28. The molecule has 1 aromatic carbocycles. The third-order valence-electron chi connectivity index (χ3n) is 4.55. The van der Waals surface area contributed by atoms with Crippen molar-refractivity contribution in [3.63, 3.8) is 0 Å². The van der Waals surface area contributed by atoms with Crippen LogP contribution in [0.1, 0.15) is 32.3 Å². The summed E-state index contributed by atoms with van der Waals surface area (Å²) in [5.74, 6) is -0.202. The molecule has 1 aromatic rings. The number of hydrogen-bond acceptors (Lipinski definition) is 2. The molecule has 0 aliphatic carbocycles. The van der Waals surface area contributed by atoms with E-state index in [0.717, 1.165) is 29.3 Å². The zero-order valence-electron chi connectivity index (χ0n) is 13.1. The van der Waals surface area contributed by atoms with Crippen LogP contribution in [0, 0.1) is 5.82 Å². The van der Waals surface area contributed by atoms with Crippen LogP contribution in [0.3, 0.4) is 0 Å². The molecule has 0 aromatic heterocycles. The van der Waals surface area contributed by atoms with Crippen molar-refractivity contribution in [3.8, 4) is 0 Å². The summed E-state index contributed by atoms with van der Waals surface area (Å²) in [5, 5.41) is 3.46. The van der Waals surface area contributed by atoms with Crippen LogP contribution in [-0.4, -0.2) is 37.6 Å². The van der Waals surface area contributed by atoms with Gasteiger partial charge in [-0.2, -0.15) is 0 Å². The van der Waals surface area contributed by atoms with Crippen molar-refractivity contribution >= 4 is 15.9 Å². The SMILES string of the molecule is CCC(CC)(C(Cc1ccc(F)cc1Br)NC)N(C)C. The van der Waals surface area contributed by atoms with Gasteiger partial charge in [-0.05, 0) is 58.1 Å². The Morgan fingerprint density at radius 1 is 1.30 bits per heavy atom. The largest absolute Gasteiger partial charge is 0.315 e. The van der Waals surface area contributed by atoms with Crippen molar-refractivity contribution in [2.24, 2.45) is 0 Å². The zero-order valence-corrected chi connectivity index (χ0v) is 14.7. The molecule has 114 valence electrons. The highest BCUT2D eigenvalue weighted by Crippen LogP contribution is 2.29. The van der Waals surface area contributed by atoms with E-state index in [-0.39, 0.29) is 11.4 Å². The van der Waals surface area contributed by atoms with Crippen molar-refractivity contribution in [1.29, 1.82) is 0 Å². The third-order valence-corrected chi connectivity index (χ3v) is 5.29. The number of hydrogen-bond donors (Lipinski definition) is 1. The molecule has 0 bridgehead atoms. The van der Waals surface area contributed by atoms with Gasteiger partial charge in [-0.15, -0.1) is 0 Å². The van der Waals surface area contributed by atoms with Crippen molar-refractivity contribution in [1.82, 2.24) is 10.2 Å². The van der Waals surface area contributed by atoms with Crippen LogP contribution in [0.4, 0.5) is 4.39 Å². The quantitative estimate of drug-likeness (QED) is 0.808. The highest BCUT2D eigenvalue weighted by molar-refractivity contribution is 9.10. The fraction of sp³-hybridized carbons (Fsp3) is 0.625. The summed E-state index contributed by atoms with van der Waals surface area (Å²) >= 11 is 3.47. The number of benzene rings is 1. The van der Waals surface area contributed by atoms with E-state index in [9.17, 15) is 4.39 Å². The second-order valence-corrected chi connectivity index (χ2v) is 6.34. The Bertz CT molecular complexity index is 430. The first kappa shape index (κ1) is 17.6. The van der Waals surface area contributed by atoms with Gasteiger partial charge >= 0.3 is 0 Å². The van der Waals surface area contributed by atoms with Gasteiger partial charge in [0.1, 0.15) is 5.82 Å².